The molecule has 2 nitrogen and oxygen atoms in total. The molecule has 1 aromatic heterocycles. The van der Waals surface area contributed by atoms with Crippen molar-refractivity contribution in [3.63, 3.8) is 0 Å². The third kappa shape index (κ3) is 2.31. The Bertz CT molecular complexity index is 372. The van der Waals surface area contributed by atoms with E-state index in [1.54, 1.807) is 0 Å². The van der Waals surface area contributed by atoms with E-state index in [4.69, 9.17) is 5.73 Å². The number of halogens is 6. The average Bonchev–Trinajstić information content (AvgIpc) is 2.06. The van der Waals surface area contributed by atoms with Crippen LogP contribution in [0.25, 0.3) is 0 Å². The molecule has 0 bridgehead atoms. The number of alkyl halides is 5. The smallest absolute Gasteiger partial charge is 0.395 e. The number of nitrogens with zero attached hydrogens (tertiary/aromatic N) is 1. The summed E-state index contributed by atoms with van der Waals surface area (Å²) in [4.78, 5) is 2.37. The molecule has 0 aliphatic heterocycles. The highest BCUT2D eigenvalue weighted by Crippen LogP contribution is 2.36. The monoisotopic (exact) mass is 230 g/mol. The van der Waals surface area contributed by atoms with Gasteiger partial charge in [0.15, 0.2) is 5.69 Å². The van der Waals surface area contributed by atoms with Gasteiger partial charge in [-0.2, -0.15) is 17.6 Å². The van der Waals surface area contributed by atoms with Gasteiger partial charge in [0.2, 0.25) is 5.95 Å². The molecule has 0 amide bonds. The van der Waals surface area contributed by atoms with E-state index in [9.17, 15) is 26.3 Å². The van der Waals surface area contributed by atoms with E-state index < -0.39 is 35.5 Å². The Morgan fingerprint density at radius 1 is 1.27 bits per heavy atom. The van der Waals surface area contributed by atoms with Crippen molar-refractivity contribution in [1.29, 1.82) is 0 Å². The summed E-state index contributed by atoms with van der Waals surface area (Å²) in [6.45, 7) is 0. The lowest BCUT2D eigenvalue weighted by Crippen LogP contribution is -2.14. The number of nitrogens with two attached hydrogens (primary N) is 1. The zero-order valence-electron chi connectivity index (χ0n) is 6.95. The van der Waals surface area contributed by atoms with Gasteiger partial charge in [-0.1, -0.05) is 0 Å². The standard InChI is InChI=1S/C7H4F6N2/c8-5(9)2-1-3(14)6(10)15-4(2)7(11,12)13/h1,5H,14H2. The number of pyridine rings is 1. The highest BCUT2D eigenvalue weighted by atomic mass is 19.4. The quantitative estimate of drug-likeness (QED) is 0.595. The van der Waals surface area contributed by atoms with Gasteiger partial charge in [-0.3, -0.25) is 0 Å². The fourth-order valence-electron chi connectivity index (χ4n) is 0.916. The van der Waals surface area contributed by atoms with Gasteiger partial charge in [0.1, 0.15) is 0 Å². The van der Waals surface area contributed by atoms with E-state index in [0.29, 0.717) is 0 Å². The molecule has 0 unspecified atom stereocenters. The van der Waals surface area contributed by atoms with Gasteiger partial charge in [-0.05, 0) is 6.07 Å². The molecule has 0 aliphatic rings. The molecule has 1 rings (SSSR count). The molecule has 84 valence electrons. The molecule has 0 radical (unpaired) electrons. The van der Waals surface area contributed by atoms with Crippen LogP contribution in [0.1, 0.15) is 17.7 Å². The molecule has 1 aromatic rings. The van der Waals surface area contributed by atoms with Gasteiger partial charge in [-0.25, -0.2) is 13.8 Å². The second-order valence-corrected chi connectivity index (χ2v) is 2.60. The molecule has 0 saturated carbocycles. The first-order valence-corrected chi connectivity index (χ1v) is 3.54. The Morgan fingerprint density at radius 3 is 2.20 bits per heavy atom. The molecule has 0 saturated heterocycles. The van der Waals surface area contributed by atoms with Crippen molar-refractivity contribution in [3.8, 4) is 0 Å². The fourth-order valence-corrected chi connectivity index (χ4v) is 0.916. The second kappa shape index (κ2) is 3.59. The van der Waals surface area contributed by atoms with E-state index >= 15 is 0 Å². The van der Waals surface area contributed by atoms with Crippen LogP contribution in [0, 0.1) is 5.95 Å². The molecular weight excluding hydrogens is 226 g/mol. The van der Waals surface area contributed by atoms with Crippen LogP contribution in [0.3, 0.4) is 0 Å². The number of nitrogen functional groups attached to an aromatic ring is 1. The van der Waals surface area contributed by atoms with Crippen LogP contribution < -0.4 is 5.73 Å². The lowest BCUT2D eigenvalue weighted by molar-refractivity contribution is -0.143. The highest BCUT2D eigenvalue weighted by molar-refractivity contribution is 5.42. The predicted octanol–water partition coefficient (Wildman–Crippen LogP) is 2.76. The van der Waals surface area contributed by atoms with Gasteiger partial charge in [0, 0.05) is 0 Å². The van der Waals surface area contributed by atoms with Gasteiger partial charge >= 0.3 is 6.18 Å². The molecule has 15 heavy (non-hydrogen) atoms. The van der Waals surface area contributed by atoms with Crippen LogP contribution in [0.4, 0.5) is 32.0 Å². The number of rotatable bonds is 1. The van der Waals surface area contributed by atoms with Crippen molar-refractivity contribution in [3.05, 3.63) is 23.3 Å². The summed E-state index contributed by atoms with van der Waals surface area (Å²) in [6.07, 6.45) is -8.56. The number of aromatic nitrogens is 1. The fraction of sp³-hybridized carbons (Fsp3) is 0.286. The van der Waals surface area contributed by atoms with E-state index in [1.807, 2.05) is 0 Å². The predicted molar refractivity (Wildman–Crippen MR) is 38.6 cm³/mol. The number of hydrogen-bond acceptors (Lipinski definition) is 2. The molecule has 0 atom stereocenters. The highest BCUT2D eigenvalue weighted by Gasteiger charge is 2.38. The van der Waals surface area contributed by atoms with Crippen molar-refractivity contribution in [2.24, 2.45) is 0 Å². The topological polar surface area (TPSA) is 38.9 Å². The molecule has 8 heteroatoms. The molecule has 2 N–H and O–H groups in total. The summed E-state index contributed by atoms with van der Waals surface area (Å²) < 4.78 is 73.2. The van der Waals surface area contributed by atoms with Crippen LogP contribution >= 0.6 is 0 Å². The maximum atomic E-state index is 12.6. The van der Waals surface area contributed by atoms with E-state index in [1.165, 1.54) is 0 Å². The van der Waals surface area contributed by atoms with Crippen molar-refractivity contribution >= 4 is 5.69 Å². The Morgan fingerprint density at radius 2 is 1.80 bits per heavy atom. The van der Waals surface area contributed by atoms with Crippen LogP contribution in [-0.4, -0.2) is 4.98 Å². The van der Waals surface area contributed by atoms with Crippen LogP contribution in [0.5, 0.6) is 0 Å². The third-order valence-electron chi connectivity index (χ3n) is 1.54. The lowest BCUT2D eigenvalue weighted by atomic mass is 10.2. The first-order valence-electron chi connectivity index (χ1n) is 3.54. The summed E-state index contributed by atoms with van der Waals surface area (Å²) in [5.74, 6) is -1.62. The van der Waals surface area contributed by atoms with Crippen molar-refractivity contribution < 1.29 is 26.3 Å². The minimum atomic E-state index is -5.14. The van der Waals surface area contributed by atoms with Gasteiger partial charge in [0.05, 0.1) is 11.3 Å². The first-order chi connectivity index (χ1) is 6.73. The van der Waals surface area contributed by atoms with Gasteiger partial charge < -0.3 is 5.73 Å². The summed E-state index contributed by atoms with van der Waals surface area (Å²) >= 11 is 0. The Balaban J connectivity index is 3.42. The van der Waals surface area contributed by atoms with Crippen LogP contribution in [0.15, 0.2) is 6.07 Å². The Hall–Kier alpha value is -1.47. The summed E-state index contributed by atoms with van der Waals surface area (Å²) in [5.41, 5.74) is 0.600. The molecular formula is C7H4F6N2. The zero-order chi connectivity index (χ0) is 11.8. The first kappa shape index (κ1) is 11.6. The zero-order valence-corrected chi connectivity index (χ0v) is 6.95. The lowest BCUT2D eigenvalue weighted by Gasteiger charge is -2.11. The maximum absolute atomic E-state index is 12.6. The molecule has 1 heterocycles. The maximum Gasteiger partial charge on any atom is 0.433 e. The van der Waals surface area contributed by atoms with Gasteiger partial charge in [0.25, 0.3) is 6.43 Å². The minimum Gasteiger partial charge on any atom is -0.395 e. The second-order valence-electron chi connectivity index (χ2n) is 2.60. The third-order valence-corrected chi connectivity index (χ3v) is 1.54. The Labute approximate surface area is 79.7 Å². The molecule has 0 spiro atoms. The van der Waals surface area contributed by atoms with Crippen LogP contribution in [0.2, 0.25) is 0 Å². The Kier molecular flexibility index (Phi) is 2.78. The summed E-state index contributed by atoms with van der Waals surface area (Å²) in [7, 11) is 0. The number of anilines is 1. The van der Waals surface area contributed by atoms with Crippen molar-refractivity contribution in [2.75, 3.05) is 5.73 Å². The SMILES string of the molecule is Nc1cc(C(F)F)c(C(F)(F)F)nc1F. The van der Waals surface area contributed by atoms with E-state index in [-0.39, 0.29) is 6.07 Å². The largest absolute Gasteiger partial charge is 0.433 e. The summed E-state index contributed by atoms with van der Waals surface area (Å²) in [6, 6.07) is 0.232. The van der Waals surface area contributed by atoms with E-state index in [2.05, 4.69) is 4.98 Å². The molecule has 0 aliphatic carbocycles. The normalized spacial score (nSPS) is 12.2. The summed E-state index contributed by atoms with van der Waals surface area (Å²) in [5, 5.41) is 0. The average molecular weight is 230 g/mol. The van der Waals surface area contributed by atoms with Crippen molar-refractivity contribution in [1.82, 2.24) is 4.98 Å². The van der Waals surface area contributed by atoms with Gasteiger partial charge in [-0.15, -0.1) is 0 Å². The van der Waals surface area contributed by atoms with E-state index in [0.717, 1.165) is 0 Å². The molecule has 0 fully saturated rings. The van der Waals surface area contributed by atoms with Crippen LogP contribution in [-0.2, 0) is 6.18 Å². The minimum absolute atomic E-state index is 0.232. The van der Waals surface area contributed by atoms with Crippen molar-refractivity contribution in [2.45, 2.75) is 12.6 Å². The number of hydrogen-bond donors (Lipinski definition) is 1. The molecule has 0 aromatic carbocycles.